The predicted octanol–water partition coefficient (Wildman–Crippen LogP) is 4.95. The van der Waals surface area contributed by atoms with Crippen molar-refractivity contribution in [3.8, 4) is 0 Å². The van der Waals surface area contributed by atoms with Crippen LogP contribution in [0.4, 0.5) is 0 Å². The highest BCUT2D eigenvalue weighted by Gasteiger charge is 2.33. The Labute approximate surface area is 195 Å². The largest absolute Gasteiger partial charge is 0.296 e. The Morgan fingerprint density at radius 2 is 1.53 bits per heavy atom. The Hall–Kier alpha value is -2.12. The van der Waals surface area contributed by atoms with Gasteiger partial charge in [-0.15, -0.1) is 0 Å². The monoisotopic (exact) mass is 464 g/mol. The first-order valence-electron chi connectivity index (χ1n) is 11.1. The second-order valence-corrected chi connectivity index (χ2v) is 11.9. The Balaban J connectivity index is 1.27. The second-order valence-electron chi connectivity index (χ2n) is 8.60. The van der Waals surface area contributed by atoms with E-state index in [4.69, 9.17) is 0 Å². The van der Waals surface area contributed by atoms with Gasteiger partial charge in [0.1, 0.15) is 0 Å². The van der Waals surface area contributed by atoms with Gasteiger partial charge in [-0.05, 0) is 47.7 Å². The predicted molar refractivity (Wildman–Crippen MR) is 130 cm³/mol. The van der Waals surface area contributed by atoms with Gasteiger partial charge >= 0.3 is 0 Å². The molecule has 6 heteroatoms. The van der Waals surface area contributed by atoms with Crippen LogP contribution in [0.15, 0.2) is 82.6 Å². The lowest BCUT2D eigenvalue weighted by molar-refractivity contribution is 0.181. The summed E-state index contributed by atoms with van der Waals surface area (Å²) in [6.45, 7) is 5.32. The maximum Gasteiger partial charge on any atom is 0.220 e. The summed E-state index contributed by atoms with van der Waals surface area (Å²) in [6.07, 6.45) is 0.858. The Bertz CT molecular complexity index is 1200. The molecule has 1 atom stereocenters. The molecule has 0 saturated carbocycles. The van der Waals surface area contributed by atoms with Crippen LogP contribution >= 0.6 is 11.8 Å². The average molecular weight is 465 g/mol. The van der Waals surface area contributed by atoms with Crippen molar-refractivity contribution in [2.24, 2.45) is 0 Å². The van der Waals surface area contributed by atoms with E-state index in [1.54, 1.807) is 16.1 Å². The van der Waals surface area contributed by atoms with Crippen LogP contribution in [-0.2, 0) is 23.0 Å². The average Bonchev–Trinajstić information content (AvgIpc) is 2.83. The first-order valence-corrected chi connectivity index (χ1v) is 13.5. The summed E-state index contributed by atoms with van der Waals surface area (Å²) in [5.74, 6) is 0. The first-order chi connectivity index (χ1) is 15.5. The Kier molecular flexibility index (Phi) is 6.12. The second kappa shape index (κ2) is 9.02. The summed E-state index contributed by atoms with van der Waals surface area (Å²) in [6, 6.07) is 25.0. The molecular formula is C26H28N2O2S2. The quantitative estimate of drug-likeness (QED) is 0.419. The molecule has 1 fully saturated rings. The number of rotatable bonds is 5. The van der Waals surface area contributed by atoms with Crippen molar-refractivity contribution < 1.29 is 8.42 Å². The lowest BCUT2D eigenvalue weighted by Crippen LogP contribution is -2.49. The molecule has 2 aliphatic heterocycles. The van der Waals surface area contributed by atoms with Crippen molar-refractivity contribution in [2.45, 2.75) is 34.9 Å². The van der Waals surface area contributed by atoms with Crippen LogP contribution in [0.2, 0.25) is 0 Å². The van der Waals surface area contributed by atoms with E-state index in [1.165, 1.54) is 26.5 Å². The van der Waals surface area contributed by atoms with Crippen molar-refractivity contribution in [1.82, 2.24) is 9.21 Å². The lowest BCUT2D eigenvalue weighted by Gasteiger charge is -2.35. The summed E-state index contributed by atoms with van der Waals surface area (Å²) in [7, 11) is -3.40. The number of benzene rings is 3. The molecule has 0 bridgehead atoms. The summed E-state index contributed by atoms with van der Waals surface area (Å²) in [5.41, 5.74) is 4.69. The minimum absolute atomic E-state index is 0.546. The van der Waals surface area contributed by atoms with Gasteiger partial charge in [-0.1, -0.05) is 72.4 Å². The third-order valence-electron chi connectivity index (χ3n) is 6.51. The summed E-state index contributed by atoms with van der Waals surface area (Å²) < 4.78 is 28.5. The van der Waals surface area contributed by atoms with Gasteiger partial charge in [0, 0.05) is 42.5 Å². The highest BCUT2D eigenvalue weighted by atomic mass is 32.2. The van der Waals surface area contributed by atoms with E-state index in [1.807, 2.05) is 31.2 Å². The van der Waals surface area contributed by atoms with Crippen molar-refractivity contribution in [3.05, 3.63) is 95.1 Å². The Morgan fingerprint density at radius 3 is 2.31 bits per heavy atom. The van der Waals surface area contributed by atoms with Crippen LogP contribution in [0.1, 0.15) is 34.4 Å². The maximum atomic E-state index is 13.4. The van der Waals surface area contributed by atoms with Gasteiger partial charge in [0.2, 0.25) is 10.0 Å². The molecule has 0 spiro atoms. The summed E-state index contributed by atoms with van der Waals surface area (Å²) in [4.78, 5) is 4.85. The standard InChI is InChI=1S/C26H28N2O2S2/c1-20(22-11-12-26-24(17-22)18-23-9-5-6-10-25(23)31-26)32(29,30)28-15-13-27(14-16-28)19-21-7-3-2-4-8-21/h2-12,17,20H,13-16,18-19H2,1H3. The first kappa shape index (κ1) is 21.7. The summed E-state index contributed by atoms with van der Waals surface area (Å²) >= 11 is 1.77. The fourth-order valence-corrected chi connectivity index (χ4v) is 7.21. The number of nitrogens with zero attached hydrogens (tertiary/aromatic N) is 2. The van der Waals surface area contributed by atoms with Crippen LogP contribution in [0.3, 0.4) is 0 Å². The van der Waals surface area contributed by atoms with E-state index in [0.29, 0.717) is 13.1 Å². The van der Waals surface area contributed by atoms with E-state index < -0.39 is 15.3 Å². The Morgan fingerprint density at radius 1 is 0.844 bits per heavy atom. The highest BCUT2D eigenvalue weighted by molar-refractivity contribution is 7.99. The van der Waals surface area contributed by atoms with E-state index >= 15 is 0 Å². The van der Waals surface area contributed by atoms with E-state index in [-0.39, 0.29) is 0 Å². The van der Waals surface area contributed by atoms with Crippen molar-refractivity contribution >= 4 is 21.8 Å². The molecule has 4 nitrogen and oxygen atoms in total. The number of fused-ring (bicyclic) bond motifs is 2. The maximum absolute atomic E-state index is 13.4. The molecule has 1 saturated heterocycles. The van der Waals surface area contributed by atoms with E-state index in [0.717, 1.165) is 31.6 Å². The molecule has 5 rings (SSSR count). The normalized spacial score (nSPS) is 18.0. The fraction of sp³-hybridized carbons (Fsp3) is 0.308. The molecule has 0 aromatic heterocycles. The molecule has 32 heavy (non-hydrogen) atoms. The molecule has 166 valence electrons. The minimum Gasteiger partial charge on any atom is -0.296 e. The number of piperazine rings is 1. The number of hydrogen-bond acceptors (Lipinski definition) is 4. The van der Waals surface area contributed by atoms with Crippen molar-refractivity contribution in [2.75, 3.05) is 26.2 Å². The molecule has 2 heterocycles. The van der Waals surface area contributed by atoms with Gasteiger partial charge in [-0.2, -0.15) is 4.31 Å². The van der Waals surface area contributed by atoms with Gasteiger partial charge in [0.05, 0.1) is 5.25 Å². The summed E-state index contributed by atoms with van der Waals surface area (Å²) in [5, 5.41) is -0.546. The topological polar surface area (TPSA) is 40.6 Å². The van der Waals surface area contributed by atoms with Gasteiger partial charge < -0.3 is 0 Å². The molecule has 3 aromatic rings. The van der Waals surface area contributed by atoms with Gasteiger partial charge in [0.25, 0.3) is 0 Å². The van der Waals surface area contributed by atoms with Gasteiger partial charge in [0.15, 0.2) is 0 Å². The molecule has 2 aliphatic rings. The van der Waals surface area contributed by atoms with Crippen molar-refractivity contribution in [3.63, 3.8) is 0 Å². The van der Waals surface area contributed by atoms with E-state index in [2.05, 4.69) is 53.4 Å². The third-order valence-corrected chi connectivity index (χ3v) is 10.0. The zero-order chi connectivity index (χ0) is 22.1. The third kappa shape index (κ3) is 4.37. The highest BCUT2D eigenvalue weighted by Crippen LogP contribution is 2.41. The van der Waals surface area contributed by atoms with Crippen LogP contribution in [-0.4, -0.2) is 43.8 Å². The SMILES string of the molecule is CC(c1ccc2c(c1)Cc1ccccc1S2)S(=O)(=O)N1CCN(Cc2ccccc2)CC1. The molecule has 0 radical (unpaired) electrons. The minimum atomic E-state index is -3.40. The fourth-order valence-electron chi connectivity index (χ4n) is 4.54. The van der Waals surface area contributed by atoms with Crippen LogP contribution < -0.4 is 0 Å². The molecule has 1 unspecified atom stereocenters. The lowest BCUT2D eigenvalue weighted by atomic mass is 10.0. The molecular weight excluding hydrogens is 436 g/mol. The van der Waals surface area contributed by atoms with Gasteiger partial charge in [-0.3, -0.25) is 4.90 Å². The van der Waals surface area contributed by atoms with E-state index in [9.17, 15) is 8.42 Å². The van der Waals surface area contributed by atoms with Crippen LogP contribution in [0, 0.1) is 0 Å². The number of sulfonamides is 1. The smallest absolute Gasteiger partial charge is 0.220 e. The van der Waals surface area contributed by atoms with Crippen molar-refractivity contribution in [1.29, 1.82) is 0 Å². The van der Waals surface area contributed by atoms with Gasteiger partial charge in [-0.25, -0.2) is 8.42 Å². The van der Waals surface area contributed by atoms with Crippen LogP contribution in [0.25, 0.3) is 0 Å². The zero-order valence-electron chi connectivity index (χ0n) is 18.3. The molecule has 3 aromatic carbocycles. The van der Waals surface area contributed by atoms with Crippen LogP contribution in [0.5, 0.6) is 0 Å². The molecule has 0 amide bonds. The number of hydrogen-bond donors (Lipinski definition) is 0. The zero-order valence-corrected chi connectivity index (χ0v) is 19.9. The molecule has 0 aliphatic carbocycles. The molecule has 0 N–H and O–H groups in total.